The Kier molecular flexibility index (Phi) is 6.46. The fourth-order valence-electron chi connectivity index (χ4n) is 2.66. The Labute approximate surface area is 124 Å². The second-order valence-electron chi connectivity index (χ2n) is 6.90. The SMILES string of the molecule is COC(=O)C(C)(CCN(CC1CC1)C(C)C)NC(C)C. The van der Waals surface area contributed by atoms with Crippen LogP contribution in [0.3, 0.4) is 0 Å². The fraction of sp³-hybridized carbons (Fsp3) is 0.938. The number of rotatable bonds is 9. The molecule has 4 nitrogen and oxygen atoms in total. The molecule has 0 heterocycles. The van der Waals surface area contributed by atoms with Gasteiger partial charge in [0.2, 0.25) is 0 Å². The normalized spacial score (nSPS) is 18.6. The van der Waals surface area contributed by atoms with E-state index in [2.05, 4.69) is 37.9 Å². The van der Waals surface area contributed by atoms with Crippen LogP contribution in [0.4, 0.5) is 0 Å². The number of methoxy groups -OCH3 is 1. The Bertz CT molecular complexity index is 314. The van der Waals surface area contributed by atoms with Crippen LogP contribution < -0.4 is 5.32 Å². The largest absolute Gasteiger partial charge is 0.468 e. The average molecular weight is 284 g/mol. The standard InChI is InChI=1S/C16H32N2O2/c1-12(2)17-16(5,15(19)20-6)9-10-18(13(3)4)11-14-7-8-14/h12-14,17H,7-11H2,1-6H3. The molecule has 1 atom stereocenters. The topological polar surface area (TPSA) is 41.6 Å². The maximum Gasteiger partial charge on any atom is 0.325 e. The first-order valence-electron chi connectivity index (χ1n) is 7.88. The van der Waals surface area contributed by atoms with E-state index in [4.69, 9.17) is 4.74 Å². The maximum absolute atomic E-state index is 12.1. The highest BCUT2D eigenvalue weighted by molar-refractivity contribution is 5.80. The van der Waals surface area contributed by atoms with Crippen molar-refractivity contribution >= 4 is 5.97 Å². The molecule has 0 aromatic heterocycles. The zero-order valence-electron chi connectivity index (χ0n) is 14.0. The summed E-state index contributed by atoms with van der Waals surface area (Å²) in [5.41, 5.74) is -0.598. The van der Waals surface area contributed by atoms with Crippen LogP contribution in [-0.4, -0.2) is 48.7 Å². The monoisotopic (exact) mass is 284 g/mol. The van der Waals surface area contributed by atoms with Gasteiger partial charge in [-0.2, -0.15) is 0 Å². The summed E-state index contributed by atoms with van der Waals surface area (Å²) >= 11 is 0. The van der Waals surface area contributed by atoms with Crippen molar-refractivity contribution in [3.63, 3.8) is 0 Å². The summed E-state index contributed by atoms with van der Waals surface area (Å²) in [5.74, 6) is 0.709. The van der Waals surface area contributed by atoms with Crippen LogP contribution in [0, 0.1) is 5.92 Å². The molecule has 0 aromatic carbocycles. The number of hydrogen-bond donors (Lipinski definition) is 1. The number of nitrogens with one attached hydrogen (secondary N) is 1. The van der Waals surface area contributed by atoms with Gasteiger partial charge >= 0.3 is 5.97 Å². The predicted octanol–water partition coefficient (Wildman–Crippen LogP) is 2.43. The highest BCUT2D eigenvalue weighted by atomic mass is 16.5. The second-order valence-corrected chi connectivity index (χ2v) is 6.90. The molecule has 0 radical (unpaired) electrons. The van der Waals surface area contributed by atoms with Crippen LogP contribution in [0.15, 0.2) is 0 Å². The number of nitrogens with zero attached hydrogens (tertiary/aromatic N) is 1. The van der Waals surface area contributed by atoms with Crippen molar-refractivity contribution in [2.24, 2.45) is 5.92 Å². The van der Waals surface area contributed by atoms with Crippen molar-refractivity contribution in [2.75, 3.05) is 20.2 Å². The number of carbonyl (C=O) groups is 1. The summed E-state index contributed by atoms with van der Waals surface area (Å²) in [6.45, 7) is 12.6. The third-order valence-corrected chi connectivity index (χ3v) is 4.06. The molecule has 1 unspecified atom stereocenters. The summed E-state index contributed by atoms with van der Waals surface area (Å²) in [5, 5.41) is 3.37. The molecule has 1 aliphatic rings. The molecule has 0 bridgehead atoms. The second kappa shape index (κ2) is 7.41. The first-order chi connectivity index (χ1) is 9.28. The van der Waals surface area contributed by atoms with Gasteiger partial charge in [-0.15, -0.1) is 0 Å². The summed E-state index contributed by atoms with van der Waals surface area (Å²) in [7, 11) is 1.47. The van der Waals surface area contributed by atoms with E-state index in [1.807, 2.05) is 6.92 Å². The zero-order chi connectivity index (χ0) is 15.3. The van der Waals surface area contributed by atoms with Gasteiger partial charge in [-0.25, -0.2) is 0 Å². The lowest BCUT2D eigenvalue weighted by molar-refractivity contribution is -0.148. The Morgan fingerprint density at radius 3 is 2.35 bits per heavy atom. The van der Waals surface area contributed by atoms with E-state index in [0.29, 0.717) is 6.04 Å². The fourth-order valence-corrected chi connectivity index (χ4v) is 2.66. The van der Waals surface area contributed by atoms with Crippen molar-refractivity contribution in [1.82, 2.24) is 10.2 Å². The van der Waals surface area contributed by atoms with Crippen LogP contribution in [-0.2, 0) is 9.53 Å². The Hall–Kier alpha value is -0.610. The lowest BCUT2D eigenvalue weighted by atomic mass is 9.96. The molecule has 0 saturated heterocycles. The molecule has 0 aromatic rings. The van der Waals surface area contributed by atoms with E-state index < -0.39 is 5.54 Å². The molecule has 1 saturated carbocycles. The van der Waals surface area contributed by atoms with Gasteiger partial charge in [-0.05, 0) is 59.8 Å². The van der Waals surface area contributed by atoms with Crippen LogP contribution in [0.5, 0.6) is 0 Å². The molecule has 118 valence electrons. The quantitative estimate of drug-likeness (QED) is 0.660. The van der Waals surface area contributed by atoms with E-state index in [9.17, 15) is 4.79 Å². The van der Waals surface area contributed by atoms with Crippen LogP contribution in [0.1, 0.15) is 53.9 Å². The van der Waals surface area contributed by atoms with E-state index >= 15 is 0 Å². The van der Waals surface area contributed by atoms with Gasteiger partial charge in [-0.3, -0.25) is 10.1 Å². The molecular weight excluding hydrogens is 252 g/mol. The maximum atomic E-state index is 12.1. The number of ether oxygens (including phenoxy) is 1. The Morgan fingerprint density at radius 1 is 1.35 bits per heavy atom. The Balaban J connectivity index is 2.60. The number of carbonyl (C=O) groups excluding carboxylic acids is 1. The van der Waals surface area contributed by atoms with Crippen molar-refractivity contribution in [1.29, 1.82) is 0 Å². The van der Waals surface area contributed by atoms with E-state index in [1.54, 1.807) is 0 Å². The molecule has 1 fully saturated rings. The molecule has 1 aliphatic carbocycles. The molecular formula is C16H32N2O2. The first-order valence-corrected chi connectivity index (χ1v) is 7.88. The number of hydrogen-bond acceptors (Lipinski definition) is 4. The lowest BCUT2D eigenvalue weighted by Gasteiger charge is -2.34. The predicted molar refractivity (Wildman–Crippen MR) is 82.7 cm³/mol. The molecule has 0 spiro atoms. The van der Waals surface area contributed by atoms with Gasteiger partial charge in [-0.1, -0.05) is 0 Å². The van der Waals surface area contributed by atoms with Crippen molar-refractivity contribution < 1.29 is 9.53 Å². The molecule has 1 N–H and O–H groups in total. The minimum atomic E-state index is -0.598. The molecule has 1 rings (SSSR count). The number of esters is 1. The van der Waals surface area contributed by atoms with Gasteiger partial charge in [0.05, 0.1) is 7.11 Å². The van der Waals surface area contributed by atoms with Gasteiger partial charge < -0.3 is 9.64 Å². The van der Waals surface area contributed by atoms with Crippen LogP contribution >= 0.6 is 0 Å². The minimum absolute atomic E-state index is 0.165. The zero-order valence-corrected chi connectivity index (χ0v) is 14.0. The molecule has 0 amide bonds. The third kappa shape index (κ3) is 5.41. The van der Waals surface area contributed by atoms with E-state index in [-0.39, 0.29) is 12.0 Å². The van der Waals surface area contributed by atoms with E-state index in [1.165, 1.54) is 20.0 Å². The average Bonchev–Trinajstić information content (AvgIpc) is 3.16. The van der Waals surface area contributed by atoms with Gasteiger partial charge in [0, 0.05) is 25.2 Å². The van der Waals surface area contributed by atoms with Gasteiger partial charge in [0.25, 0.3) is 0 Å². The van der Waals surface area contributed by atoms with Crippen LogP contribution in [0.2, 0.25) is 0 Å². The smallest absolute Gasteiger partial charge is 0.325 e. The summed E-state index contributed by atoms with van der Waals surface area (Å²) in [4.78, 5) is 14.6. The van der Waals surface area contributed by atoms with Crippen LogP contribution in [0.25, 0.3) is 0 Å². The highest BCUT2D eigenvalue weighted by Crippen LogP contribution is 2.30. The summed E-state index contributed by atoms with van der Waals surface area (Å²) in [6.07, 6.45) is 3.51. The van der Waals surface area contributed by atoms with Gasteiger partial charge in [0.15, 0.2) is 0 Å². The van der Waals surface area contributed by atoms with E-state index in [0.717, 1.165) is 25.4 Å². The summed E-state index contributed by atoms with van der Waals surface area (Å²) in [6, 6.07) is 0.784. The minimum Gasteiger partial charge on any atom is -0.468 e. The summed E-state index contributed by atoms with van der Waals surface area (Å²) < 4.78 is 4.98. The molecule has 0 aliphatic heterocycles. The Morgan fingerprint density at radius 2 is 1.95 bits per heavy atom. The van der Waals surface area contributed by atoms with Crippen molar-refractivity contribution in [2.45, 2.75) is 71.5 Å². The van der Waals surface area contributed by atoms with Crippen molar-refractivity contribution in [3.8, 4) is 0 Å². The third-order valence-electron chi connectivity index (χ3n) is 4.06. The highest BCUT2D eigenvalue weighted by Gasteiger charge is 2.35. The lowest BCUT2D eigenvalue weighted by Crippen LogP contribution is -2.54. The first kappa shape index (κ1) is 17.4. The molecule has 4 heteroatoms. The van der Waals surface area contributed by atoms with Crippen molar-refractivity contribution in [3.05, 3.63) is 0 Å². The molecule has 20 heavy (non-hydrogen) atoms. The van der Waals surface area contributed by atoms with Gasteiger partial charge in [0.1, 0.15) is 5.54 Å².